The molecule has 0 amide bonds. The van der Waals surface area contributed by atoms with Crippen molar-refractivity contribution in [2.75, 3.05) is 0 Å². The molecule has 0 spiro atoms. The minimum atomic E-state index is -1.26. The van der Waals surface area contributed by atoms with Crippen LogP contribution in [-0.4, -0.2) is 55.4 Å². The molecule has 0 aliphatic heterocycles. The number of benzene rings is 2. The van der Waals surface area contributed by atoms with Crippen LogP contribution in [0.15, 0.2) is 18.2 Å². The molecule has 0 saturated carbocycles. The van der Waals surface area contributed by atoms with E-state index in [1.807, 2.05) is 0 Å². The summed E-state index contributed by atoms with van der Waals surface area (Å²) >= 11 is 0. The van der Waals surface area contributed by atoms with Crippen LogP contribution in [0.25, 0.3) is 10.8 Å². The van der Waals surface area contributed by atoms with Gasteiger partial charge in [-0.2, -0.15) is 0 Å². The van der Waals surface area contributed by atoms with Gasteiger partial charge in [0.1, 0.15) is 0 Å². The molecule has 2 aromatic carbocycles. The van der Waals surface area contributed by atoms with Crippen LogP contribution in [-0.2, 0) is 56.1 Å². The topological polar surface area (TPSA) is 186 Å². The predicted octanol–water partition coefficient (Wildman–Crippen LogP) is 0.975. The highest BCUT2D eigenvalue weighted by molar-refractivity contribution is 5.97. The highest BCUT2D eigenvalue weighted by Gasteiger charge is 2.21. The van der Waals surface area contributed by atoms with E-state index in [9.17, 15) is 39.3 Å². The van der Waals surface area contributed by atoms with Gasteiger partial charge in [0, 0.05) is 0 Å². The lowest BCUT2D eigenvalue weighted by Gasteiger charge is -2.17. The zero-order valence-electron chi connectivity index (χ0n) is 15.5. The van der Waals surface area contributed by atoms with E-state index in [0.29, 0.717) is 0 Å². The molecule has 0 aromatic heterocycles. The average Bonchev–Trinajstić information content (AvgIpc) is 2.57. The maximum atomic E-state index is 11.4. The van der Waals surface area contributed by atoms with Crippen LogP contribution >= 0.6 is 0 Å². The molecule has 30 heavy (non-hydrogen) atoms. The number of fused-ring (bicyclic) bond motifs is 1. The molecule has 10 heteroatoms. The predicted molar refractivity (Wildman–Crippen MR) is 101 cm³/mol. The van der Waals surface area contributed by atoms with Crippen molar-refractivity contribution in [3.8, 4) is 0 Å². The molecule has 0 fully saturated rings. The Morgan fingerprint density at radius 2 is 0.833 bits per heavy atom. The summed E-state index contributed by atoms with van der Waals surface area (Å²) in [4.78, 5) is 56.4. The Balaban J connectivity index is 2.94. The molecule has 10 nitrogen and oxygen atoms in total. The van der Waals surface area contributed by atoms with E-state index in [2.05, 4.69) is 0 Å². The Morgan fingerprint density at radius 3 is 1.27 bits per heavy atom. The van der Waals surface area contributed by atoms with Gasteiger partial charge in [-0.15, -0.1) is 0 Å². The second-order valence-corrected chi connectivity index (χ2v) is 6.69. The molecule has 0 heterocycles. The molecule has 2 rings (SSSR count). The van der Waals surface area contributed by atoms with E-state index in [0.717, 1.165) is 0 Å². The second-order valence-electron chi connectivity index (χ2n) is 6.69. The highest BCUT2D eigenvalue weighted by Crippen LogP contribution is 2.31. The molecule has 0 saturated heterocycles. The zero-order chi connectivity index (χ0) is 22.6. The first-order chi connectivity index (χ1) is 14.0. The van der Waals surface area contributed by atoms with Gasteiger partial charge in [0.25, 0.3) is 0 Å². The number of carbonyl (C=O) groups is 5. The number of hydrogen-bond donors (Lipinski definition) is 5. The first-order valence-corrected chi connectivity index (χ1v) is 8.66. The van der Waals surface area contributed by atoms with Crippen LogP contribution in [0.1, 0.15) is 27.8 Å². The Labute approximate surface area is 169 Å². The van der Waals surface area contributed by atoms with Crippen molar-refractivity contribution in [2.24, 2.45) is 0 Å². The molecule has 0 aliphatic carbocycles. The van der Waals surface area contributed by atoms with E-state index in [1.165, 1.54) is 18.2 Å². The van der Waals surface area contributed by atoms with Crippen molar-refractivity contribution >= 4 is 40.6 Å². The monoisotopic (exact) mass is 418 g/mol. The SMILES string of the molecule is O=C(O)Cc1cc2c(CC(=O)O)cc(CC(=O)O)c(CC(=O)O)c2cc1CC(=O)O. The van der Waals surface area contributed by atoms with Gasteiger partial charge in [-0.1, -0.05) is 6.07 Å². The summed E-state index contributed by atoms with van der Waals surface area (Å²) in [6.07, 6.45) is -2.70. The summed E-state index contributed by atoms with van der Waals surface area (Å²) in [6.45, 7) is 0. The van der Waals surface area contributed by atoms with Crippen molar-refractivity contribution in [1.82, 2.24) is 0 Å². The van der Waals surface area contributed by atoms with Crippen molar-refractivity contribution in [2.45, 2.75) is 32.1 Å². The van der Waals surface area contributed by atoms with Crippen molar-refractivity contribution in [3.63, 3.8) is 0 Å². The van der Waals surface area contributed by atoms with E-state index < -0.39 is 62.0 Å². The maximum absolute atomic E-state index is 11.4. The summed E-state index contributed by atoms with van der Waals surface area (Å²) in [5.41, 5.74) is 0.661. The van der Waals surface area contributed by atoms with E-state index in [-0.39, 0.29) is 38.6 Å². The van der Waals surface area contributed by atoms with Gasteiger partial charge in [0.05, 0.1) is 32.1 Å². The quantitative estimate of drug-likeness (QED) is 0.372. The summed E-state index contributed by atoms with van der Waals surface area (Å²) in [7, 11) is 0. The fourth-order valence-corrected chi connectivity index (χ4v) is 3.40. The molecule has 0 atom stereocenters. The standard InChI is InChI=1S/C20H18O10/c21-16(22)4-9-2-13-11(6-18(25)26)1-12(7-19(27)28)14(8-20(29)30)15(13)3-10(9)5-17(23)24/h1-3H,4-8H2,(H,21,22)(H,23,24)(H,25,26)(H,27,28)(H,29,30). The summed E-state index contributed by atoms with van der Waals surface area (Å²) in [6, 6.07) is 3.96. The lowest BCUT2D eigenvalue weighted by Crippen LogP contribution is -2.13. The summed E-state index contributed by atoms with van der Waals surface area (Å²) in [5, 5.41) is 46.4. The van der Waals surface area contributed by atoms with E-state index in [4.69, 9.17) is 10.2 Å². The molecule has 5 N–H and O–H groups in total. The molecule has 0 aliphatic rings. The molecular weight excluding hydrogens is 400 g/mol. The Morgan fingerprint density at radius 1 is 0.467 bits per heavy atom. The van der Waals surface area contributed by atoms with Crippen LogP contribution in [0.2, 0.25) is 0 Å². The third kappa shape index (κ3) is 5.53. The Kier molecular flexibility index (Phi) is 6.73. The van der Waals surface area contributed by atoms with Gasteiger partial charge in [0.2, 0.25) is 0 Å². The van der Waals surface area contributed by atoms with Crippen molar-refractivity contribution in [1.29, 1.82) is 0 Å². The first kappa shape index (κ1) is 22.3. The number of carboxylic acids is 5. The second kappa shape index (κ2) is 9.03. The first-order valence-electron chi connectivity index (χ1n) is 8.66. The maximum Gasteiger partial charge on any atom is 0.307 e. The fourth-order valence-electron chi connectivity index (χ4n) is 3.40. The van der Waals surface area contributed by atoms with Crippen LogP contribution in [0.4, 0.5) is 0 Å². The lowest BCUT2D eigenvalue weighted by atomic mass is 9.86. The number of carboxylic acid groups (broad SMARTS) is 5. The number of hydrogen-bond acceptors (Lipinski definition) is 5. The van der Waals surface area contributed by atoms with Crippen LogP contribution in [0.5, 0.6) is 0 Å². The van der Waals surface area contributed by atoms with Crippen LogP contribution in [0, 0.1) is 0 Å². The zero-order valence-corrected chi connectivity index (χ0v) is 15.5. The van der Waals surface area contributed by atoms with Crippen molar-refractivity contribution in [3.05, 3.63) is 46.0 Å². The van der Waals surface area contributed by atoms with Gasteiger partial charge in [-0.3, -0.25) is 24.0 Å². The molecule has 158 valence electrons. The lowest BCUT2D eigenvalue weighted by molar-refractivity contribution is -0.137. The van der Waals surface area contributed by atoms with Gasteiger partial charge < -0.3 is 25.5 Å². The molecule has 0 unspecified atom stereocenters. The van der Waals surface area contributed by atoms with Crippen LogP contribution < -0.4 is 0 Å². The van der Waals surface area contributed by atoms with Gasteiger partial charge in [-0.25, -0.2) is 0 Å². The van der Waals surface area contributed by atoms with Gasteiger partial charge in [-0.05, 0) is 50.7 Å². The fraction of sp³-hybridized carbons (Fsp3) is 0.250. The smallest absolute Gasteiger partial charge is 0.307 e. The largest absolute Gasteiger partial charge is 0.481 e. The van der Waals surface area contributed by atoms with E-state index in [1.54, 1.807) is 0 Å². The normalized spacial score (nSPS) is 10.7. The minimum Gasteiger partial charge on any atom is -0.481 e. The summed E-state index contributed by atoms with van der Waals surface area (Å²) in [5.74, 6) is -6.21. The Hall–Kier alpha value is -3.95. The average molecular weight is 418 g/mol. The molecular formula is C20H18O10. The number of rotatable bonds is 10. The Bertz CT molecular complexity index is 1070. The molecule has 0 radical (unpaired) electrons. The number of aliphatic carboxylic acids is 5. The van der Waals surface area contributed by atoms with Crippen molar-refractivity contribution < 1.29 is 49.5 Å². The molecule has 0 bridgehead atoms. The summed E-state index contributed by atoms with van der Waals surface area (Å²) < 4.78 is 0. The highest BCUT2D eigenvalue weighted by atomic mass is 16.4. The van der Waals surface area contributed by atoms with Gasteiger partial charge >= 0.3 is 29.8 Å². The van der Waals surface area contributed by atoms with Gasteiger partial charge in [0.15, 0.2) is 0 Å². The molecule has 2 aromatic rings. The minimum absolute atomic E-state index is 0.0981. The van der Waals surface area contributed by atoms with Crippen LogP contribution in [0.3, 0.4) is 0 Å². The third-order valence-corrected chi connectivity index (χ3v) is 4.44. The third-order valence-electron chi connectivity index (χ3n) is 4.44. The van der Waals surface area contributed by atoms with E-state index >= 15 is 0 Å².